The lowest BCUT2D eigenvalue weighted by atomic mass is 10.1. The summed E-state index contributed by atoms with van der Waals surface area (Å²) in [7, 11) is 1.86. The zero-order valence-electron chi connectivity index (χ0n) is 11.0. The number of benzene rings is 1. The van der Waals surface area contributed by atoms with Gasteiger partial charge in [-0.1, -0.05) is 17.7 Å². The average molecular weight is 278 g/mol. The minimum absolute atomic E-state index is 0.0192. The highest BCUT2D eigenvalue weighted by molar-refractivity contribution is 6.31. The molecule has 0 fully saturated rings. The number of amides is 1. The summed E-state index contributed by atoms with van der Waals surface area (Å²) in [4.78, 5) is 11.9. The minimum atomic E-state index is -0.0192. The van der Waals surface area contributed by atoms with Crippen molar-refractivity contribution in [2.24, 2.45) is 7.05 Å². The van der Waals surface area contributed by atoms with Gasteiger partial charge in [0.05, 0.1) is 6.20 Å². The second-order valence-corrected chi connectivity index (χ2v) is 4.97. The molecular weight excluding hydrogens is 262 g/mol. The van der Waals surface area contributed by atoms with E-state index in [0.717, 1.165) is 16.8 Å². The highest BCUT2D eigenvalue weighted by Crippen LogP contribution is 2.20. The van der Waals surface area contributed by atoms with Crippen molar-refractivity contribution < 1.29 is 4.79 Å². The van der Waals surface area contributed by atoms with E-state index in [4.69, 9.17) is 11.6 Å². The van der Waals surface area contributed by atoms with Crippen molar-refractivity contribution in [2.75, 3.05) is 5.32 Å². The third kappa shape index (κ3) is 3.83. The predicted octanol–water partition coefficient (Wildman–Crippen LogP) is 2.95. The normalized spacial score (nSPS) is 10.5. The van der Waals surface area contributed by atoms with Crippen LogP contribution in [0.4, 0.5) is 5.69 Å². The summed E-state index contributed by atoms with van der Waals surface area (Å²) in [6.07, 6.45) is 4.80. The fraction of sp³-hybridized carbons (Fsp3) is 0.286. The van der Waals surface area contributed by atoms with Gasteiger partial charge in [0, 0.05) is 30.4 Å². The van der Waals surface area contributed by atoms with Gasteiger partial charge in [-0.3, -0.25) is 9.48 Å². The van der Waals surface area contributed by atoms with Crippen LogP contribution in [0.2, 0.25) is 5.02 Å². The van der Waals surface area contributed by atoms with Gasteiger partial charge in [0.1, 0.15) is 0 Å². The van der Waals surface area contributed by atoms with Crippen molar-refractivity contribution in [3.05, 3.63) is 46.7 Å². The van der Waals surface area contributed by atoms with Crippen molar-refractivity contribution in [3.8, 4) is 0 Å². The van der Waals surface area contributed by atoms with Gasteiger partial charge in [0.15, 0.2) is 0 Å². The highest BCUT2D eigenvalue weighted by atomic mass is 35.5. The van der Waals surface area contributed by atoms with E-state index in [1.165, 1.54) is 0 Å². The van der Waals surface area contributed by atoms with Crippen molar-refractivity contribution in [2.45, 2.75) is 19.8 Å². The maximum atomic E-state index is 11.9. The molecule has 100 valence electrons. The Morgan fingerprint density at radius 3 is 2.95 bits per heavy atom. The molecule has 1 aromatic carbocycles. The maximum absolute atomic E-state index is 11.9. The quantitative estimate of drug-likeness (QED) is 0.934. The minimum Gasteiger partial charge on any atom is -0.326 e. The van der Waals surface area contributed by atoms with Crippen molar-refractivity contribution in [1.82, 2.24) is 9.78 Å². The molecule has 0 atom stereocenters. The highest BCUT2D eigenvalue weighted by Gasteiger charge is 2.06. The molecule has 1 heterocycles. The molecule has 1 amide bonds. The van der Waals surface area contributed by atoms with Crippen LogP contribution in [0.25, 0.3) is 0 Å². The molecule has 5 heteroatoms. The number of anilines is 1. The monoisotopic (exact) mass is 277 g/mol. The van der Waals surface area contributed by atoms with Crippen LogP contribution in [-0.4, -0.2) is 15.7 Å². The fourth-order valence-electron chi connectivity index (χ4n) is 1.80. The summed E-state index contributed by atoms with van der Waals surface area (Å²) in [5.41, 5.74) is 2.82. The summed E-state index contributed by atoms with van der Waals surface area (Å²) in [5.74, 6) is -0.0192. The molecule has 0 bridgehead atoms. The Hall–Kier alpha value is -1.81. The number of nitrogens with zero attached hydrogens (tertiary/aromatic N) is 2. The lowest BCUT2D eigenvalue weighted by molar-refractivity contribution is -0.116. The molecule has 19 heavy (non-hydrogen) atoms. The third-order valence-corrected chi connectivity index (χ3v) is 3.11. The molecule has 0 saturated heterocycles. The van der Waals surface area contributed by atoms with Gasteiger partial charge in [-0.05, 0) is 36.6 Å². The molecule has 0 aliphatic heterocycles. The van der Waals surface area contributed by atoms with E-state index in [1.807, 2.05) is 32.3 Å². The number of carbonyl (C=O) groups excluding carboxylic acids is 1. The molecular formula is C14H16ClN3O. The molecule has 0 aliphatic rings. The van der Waals surface area contributed by atoms with Crippen LogP contribution in [-0.2, 0) is 18.3 Å². The second-order valence-electron chi connectivity index (χ2n) is 4.53. The smallest absolute Gasteiger partial charge is 0.224 e. The predicted molar refractivity (Wildman–Crippen MR) is 76.3 cm³/mol. The molecule has 0 radical (unpaired) electrons. The largest absolute Gasteiger partial charge is 0.326 e. The summed E-state index contributed by atoms with van der Waals surface area (Å²) in [6, 6.07) is 5.46. The molecule has 2 aromatic rings. The summed E-state index contributed by atoms with van der Waals surface area (Å²) >= 11 is 5.91. The van der Waals surface area contributed by atoms with Crippen molar-refractivity contribution in [3.63, 3.8) is 0 Å². The molecule has 4 nitrogen and oxygen atoms in total. The number of aryl methyl sites for hydroxylation is 3. The molecule has 2 rings (SSSR count). The molecule has 0 unspecified atom stereocenters. The Morgan fingerprint density at radius 2 is 2.26 bits per heavy atom. The zero-order chi connectivity index (χ0) is 13.8. The Morgan fingerprint density at radius 1 is 1.47 bits per heavy atom. The Bertz CT molecular complexity index is 592. The standard InChI is InChI=1S/C14H16ClN3O/c1-10-3-5-12(15)7-13(10)17-14(19)6-4-11-8-16-18(2)9-11/h3,5,7-9H,4,6H2,1-2H3,(H,17,19). The number of hydrogen-bond donors (Lipinski definition) is 1. The lowest BCUT2D eigenvalue weighted by Gasteiger charge is -2.08. The van der Waals surface area contributed by atoms with E-state index in [0.29, 0.717) is 17.9 Å². The van der Waals surface area contributed by atoms with Gasteiger partial charge in [-0.2, -0.15) is 5.10 Å². The van der Waals surface area contributed by atoms with Crippen LogP contribution in [0.5, 0.6) is 0 Å². The zero-order valence-corrected chi connectivity index (χ0v) is 11.7. The van der Waals surface area contributed by atoms with Crippen LogP contribution in [0.1, 0.15) is 17.5 Å². The average Bonchev–Trinajstić information content (AvgIpc) is 2.77. The van der Waals surface area contributed by atoms with E-state index in [1.54, 1.807) is 16.9 Å². The number of nitrogens with one attached hydrogen (secondary N) is 1. The maximum Gasteiger partial charge on any atom is 0.224 e. The van der Waals surface area contributed by atoms with E-state index in [2.05, 4.69) is 10.4 Å². The summed E-state index contributed by atoms with van der Waals surface area (Å²) in [6.45, 7) is 1.94. The molecule has 1 N–H and O–H groups in total. The number of halogens is 1. The first-order valence-corrected chi connectivity index (χ1v) is 6.46. The van der Waals surface area contributed by atoms with Crippen molar-refractivity contribution >= 4 is 23.2 Å². The number of carbonyl (C=O) groups is 1. The Balaban J connectivity index is 1.92. The number of aromatic nitrogens is 2. The Kier molecular flexibility index (Phi) is 4.22. The lowest BCUT2D eigenvalue weighted by Crippen LogP contribution is -2.13. The topological polar surface area (TPSA) is 46.9 Å². The third-order valence-electron chi connectivity index (χ3n) is 2.87. The van der Waals surface area contributed by atoms with Gasteiger partial charge >= 0.3 is 0 Å². The van der Waals surface area contributed by atoms with Crippen LogP contribution >= 0.6 is 11.6 Å². The first kappa shape index (κ1) is 13.6. The first-order chi connectivity index (χ1) is 9.04. The van der Waals surface area contributed by atoms with E-state index in [-0.39, 0.29) is 5.91 Å². The van der Waals surface area contributed by atoms with Crippen LogP contribution < -0.4 is 5.32 Å². The summed E-state index contributed by atoms with van der Waals surface area (Å²) in [5, 5.41) is 7.57. The fourth-order valence-corrected chi connectivity index (χ4v) is 1.97. The van der Waals surface area contributed by atoms with Gasteiger partial charge in [0.25, 0.3) is 0 Å². The van der Waals surface area contributed by atoms with Gasteiger partial charge < -0.3 is 5.32 Å². The SMILES string of the molecule is Cc1ccc(Cl)cc1NC(=O)CCc1cnn(C)c1. The molecule has 0 saturated carbocycles. The van der Waals surface area contributed by atoms with Crippen LogP contribution in [0, 0.1) is 6.92 Å². The van der Waals surface area contributed by atoms with Gasteiger partial charge in [-0.25, -0.2) is 0 Å². The van der Waals surface area contributed by atoms with Gasteiger partial charge in [-0.15, -0.1) is 0 Å². The Labute approximate surface area is 117 Å². The van der Waals surface area contributed by atoms with E-state index in [9.17, 15) is 4.79 Å². The van der Waals surface area contributed by atoms with Gasteiger partial charge in [0.2, 0.25) is 5.91 Å². The van der Waals surface area contributed by atoms with Crippen molar-refractivity contribution in [1.29, 1.82) is 0 Å². The van der Waals surface area contributed by atoms with Crippen LogP contribution in [0.15, 0.2) is 30.6 Å². The molecule has 0 aliphatic carbocycles. The molecule has 1 aromatic heterocycles. The summed E-state index contributed by atoms with van der Waals surface area (Å²) < 4.78 is 1.73. The second kappa shape index (κ2) is 5.89. The molecule has 0 spiro atoms. The number of hydrogen-bond acceptors (Lipinski definition) is 2. The van der Waals surface area contributed by atoms with Crippen LogP contribution in [0.3, 0.4) is 0 Å². The van der Waals surface area contributed by atoms with E-state index < -0.39 is 0 Å². The number of rotatable bonds is 4. The van der Waals surface area contributed by atoms with E-state index >= 15 is 0 Å². The first-order valence-electron chi connectivity index (χ1n) is 6.08.